The van der Waals surface area contributed by atoms with Crippen molar-refractivity contribution < 1.29 is 35.9 Å². The molecule has 0 aliphatic carbocycles. The summed E-state index contributed by atoms with van der Waals surface area (Å²) >= 11 is 0.275. The largest absolute Gasteiger partial charge is 0.497 e. The molecule has 1 unspecified atom stereocenters. The molecular weight excluding hydrogens is 441 g/mol. The Hall–Kier alpha value is -2.98. The second-order valence-electron chi connectivity index (χ2n) is 5.53. The van der Waals surface area contributed by atoms with Gasteiger partial charge >= 0.3 is 12.2 Å². The molecule has 0 saturated carbocycles. The molecule has 1 saturated heterocycles. The Bertz CT molecular complexity index is 1090. The van der Waals surface area contributed by atoms with Gasteiger partial charge in [-0.2, -0.15) is 17.9 Å². The maximum absolute atomic E-state index is 13.9. The number of carbonyl (C=O) groups excluding carboxylic acids is 2. The number of ether oxygens (including phenoxy) is 1. The van der Waals surface area contributed by atoms with Crippen LogP contribution in [0.15, 0.2) is 28.6 Å². The van der Waals surface area contributed by atoms with Crippen molar-refractivity contribution in [3.05, 3.63) is 24.3 Å². The Morgan fingerprint density at radius 1 is 1.31 bits per heavy atom. The molecule has 3 rings (SSSR count). The lowest BCUT2D eigenvalue weighted by atomic mass is 10.1. The van der Waals surface area contributed by atoms with E-state index in [2.05, 4.69) is 10.2 Å². The van der Waals surface area contributed by atoms with Gasteiger partial charge in [-0.3, -0.25) is 4.79 Å². The van der Waals surface area contributed by atoms with E-state index >= 15 is 0 Å². The second-order valence-corrected chi connectivity index (χ2v) is 8.40. The number of methoxy groups -OCH3 is 1. The average Bonchev–Trinajstić information content (AvgIpc) is 3.17. The number of nitrogens with zero attached hydrogens (tertiary/aromatic N) is 3. The summed E-state index contributed by atoms with van der Waals surface area (Å²) in [5.41, 5.74) is 1.02. The van der Waals surface area contributed by atoms with Crippen LogP contribution >= 0.6 is 11.3 Å². The lowest BCUT2D eigenvalue weighted by Gasteiger charge is -2.29. The summed E-state index contributed by atoms with van der Waals surface area (Å²) in [6.07, 6.45) is -5.54. The standard InChI is InChI=1S/C13H11F3N6O5S2/c1-27-7-4-2-3-6(5-7)22-8(23)12(13(14,15)16,18-10(22)24)21-29(25,26)11-20-19-9(17)28-11/h2-5,21H,1H3,(H2,17,19)(H,18,24). The second kappa shape index (κ2) is 6.82. The van der Waals surface area contributed by atoms with Crippen LogP contribution in [0, 0.1) is 0 Å². The van der Waals surface area contributed by atoms with Crippen LogP contribution in [0.3, 0.4) is 0 Å². The molecule has 2 aromatic rings. The highest BCUT2D eigenvalue weighted by Crippen LogP contribution is 2.37. The molecule has 4 N–H and O–H groups in total. The zero-order valence-corrected chi connectivity index (χ0v) is 15.9. The van der Waals surface area contributed by atoms with E-state index in [-0.39, 0.29) is 32.8 Å². The molecule has 16 heteroatoms. The van der Waals surface area contributed by atoms with Crippen molar-refractivity contribution in [2.24, 2.45) is 0 Å². The number of nitrogens with one attached hydrogen (secondary N) is 2. The van der Waals surface area contributed by atoms with Gasteiger partial charge in [0.1, 0.15) is 5.75 Å². The van der Waals surface area contributed by atoms with E-state index in [9.17, 15) is 31.2 Å². The highest BCUT2D eigenvalue weighted by Gasteiger charge is 2.70. The predicted molar refractivity (Wildman–Crippen MR) is 92.4 cm³/mol. The third kappa shape index (κ3) is 3.45. The summed E-state index contributed by atoms with van der Waals surface area (Å²) < 4.78 is 71.5. The normalized spacial score (nSPS) is 20.1. The van der Waals surface area contributed by atoms with Gasteiger partial charge in [0.2, 0.25) is 9.47 Å². The molecule has 11 nitrogen and oxygen atoms in total. The molecule has 1 atom stereocenters. The van der Waals surface area contributed by atoms with Crippen LogP contribution in [0.25, 0.3) is 0 Å². The van der Waals surface area contributed by atoms with E-state index in [4.69, 9.17) is 10.5 Å². The quantitative estimate of drug-likeness (QED) is 0.551. The summed E-state index contributed by atoms with van der Waals surface area (Å²) in [5.74, 6) is -1.76. The van der Waals surface area contributed by atoms with Crippen molar-refractivity contribution >= 4 is 44.1 Å². The first-order valence-corrected chi connectivity index (χ1v) is 9.72. The molecule has 2 heterocycles. The van der Waals surface area contributed by atoms with Gasteiger partial charge in [0.25, 0.3) is 21.6 Å². The summed E-state index contributed by atoms with van der Waals surface area (Å²) in [7, 11) is -3.76. The number of sulfonamides is 1. The number of imide groups is 1. The molecule has 156 valence electrons. The number of nitrogen functional groups attached to an aromatic ring is 1. The van der Waals surface area contributed by atoms with Gasteiger partial charge in [-0.15, -0.1) is 10.2 Å². The number of hydrogen-bond acceptors (Lipinski definition) is 9. The lowest BCUT2D eigenvalue weighted by Crippen LogP contribution is -2.69. The number of amides is 3. The summed E-state index contributed by atoms with van der Waals surface area (Å²) in [4.78, 5) is 25.1. The molecule has 3 amide bonds. The number of nitrogens with two attached hydrogens (primary N) is 1. The monoisotopic (exact) mass is 452 g/mol. The van der Waals surface area contributed by atoms with Crippen LogP contribution in [0.4, 0.5) is 28.8 Å². The Morgan fingerprint density at radius 3 is 2.55 bits per heavy atom. The fourth-order valence-electron chi connectivity index (χ4n) is 2.41. The van der Waals surface area contributed by atoms with Crippen molar-refractivity contribution in [2.45, 2.75) is 16.2 Å². The Labute approximate surface area is 164 Å². The lowest BCUT2D eigenvalue weighted by molar-refractivity contribution is -0.194. The maximum Gasteiger partial charge on any atom is 0.435 e. The number of anilines is 2. The van der Waals surface area contributed by atoms with E-state index in [0.29, 0.717) is 0 Å². The molecule has 1 aromatic heterocycles. The van der Waals surface area contributed by atoms with Crippen molar-refractivity contribution in [2.75, 3.05) is 17.7 Å². The Kier molecular flexibility index (Phi) is 4.88. The molecule has 1 aromatic carbocycles. The number of benzene rings is 1. The molecule has 1 aliphatic rings. The third-order valence-electron chi connectivity index (χ3n) is 3.70. The minimum Gasteiger partial charge on any atom is -0.497 e. The topological polar surface area (TPSA) is 157 Å². The summed E-state index contributed by atoms with van der Waals surface area (Å²) in [6.45, 7) is 0. The number of rotatable bonds is 5. The van der Waals surface area contributed by atoms with Gasteiger partial charge in [-0.05, 0) is 12.1 Å². The highest BCUT2D eigenvalue weighted by molar-refractivity contribution is 7.91. The van der Waals surface area contributed by atoms with E-state index in [0.717, 1.165) is 6.07 Å². The van der Waals surface area contributed by atoms with Gasteiger partial charge < -0.3 is 15.8 Å². The zero-order chi connectivity index (χ0) is 21.6. The number of halogens is 3. The van der Waals surface area contributed by atoms with Crippen LogP contribution in [-0.2, 0) is 14.8 Å². The van der Waals surface area contributed by atoms with Gasteiger partial charge in [0.15, 0.2) is 0 Å². The average molecular weight is 452 g/mol. The van der Waals surface area contributed by atoms with Gasteiger partial charge in [-0.1, -0.05) is 17.4 Å². The minimum atomic E-state index is -5.54. The SMILES string of the molecule is COc1cccc(N2C(=O)NC(NS(=O)(=O)c3nnc(N)s3)(C(F)(F)F)C2=O)c1. The fraction of sp³-hybridized carbons (Fsp3) is 0.231. The molecule has 0 bridgehead atoms. The first-order chi connectivity index (χ1) is 13.4. The van der Waals surface area contributed by atoms with Crippen LogP contribution < -0.4 is 25.4 Å². The van der Waals surface area contributed by atoms with Gasteiger partial charge in [0.05, 0.1) is 12.8 Å². The molecule has 29 heavy (non-hydrogen) atoms. The minimum absolute atomic E-state index is 0.146. The van der Waals surface area contributed by atoms with E-state index in [1.807, 2.05) is 0 Å². The number of urea groups is 1. The molecule has 0 radical (unpaired) electrons. The molecule has 0 spiro atoms. The maximum atomic E-state index is 13.9. The number of alkyl halides is 3. The van der Waals surface area contributed by atoms with Crippen LogP contribution in [-0.4, -0.2) is 49.5 Å². The predicted octanol–water partition coefficient (Wildman–Crippen LogP) is 0.422. The van der Waals surface area contributed by atoms with Crippen LogP contribution in [0.2, 0.25) is 0 Å². The smallest absolute Gasteiger partial charge is 0.435 e. The van der Waals surface area contributed by atoms with Gasteiger partial charge in [-0.25, -0.2) is 18.1 Å². The van der Waals surface area contributed by atoms with Crippen molar-refractivity contribution in [3.63, 3.8) is 0 Å². The van der Waals surface area contributed by atoms with Crippen LogP contribution in [0.5, 0.6) is 5.75 Å². The summed E-state index contributed by atoms with van der Waals surface area (Å²) in [5, 5.41) is 7.42. The van der Waals surface area contributed by atoms with E-state index in [1.165, 1.54) is 35.3 Å². The molecule has 1 fully saturated rings. The highest BCUT2D eigenvalue weighted by atomic mass is 32.2. The molecule has 1 aliphatic heterocycles. The number of carbonyl (C=O) groups is 2. The van der Waals surface area contributed by atoms with Gasteiger partial charge in [0, 0.05) is 6.07 Å². The van der Waals surface area contributed by atoms with Crippen molar-refractivity contribution in [1.29, 1.82) is 0 Å². The molecular formula is C13H11F3N6O5S2. The fourth-order valence-corrected chi connectivity index (χ4v) is 4.46. The van der Waals surface area contributed by atoms with E-state index in [1.54, 1.807) is 0 Å². The summed E-state index contributed by atoms with van der Waals surface area (Å²) in [6, 6.07) is 3.56. The Morgan fingerprint density at radius 2 is 2.00 bits per heavy atom. The number of hydrogen-bond donors (Lipinski definition) is 3. The first-order valence-electron chi connectivity index (χ1n) is 7.42. The zero-order valence-electron chi connectivity index (χ0n) is 14.2. The number of aromatic nitrogens is 2. The van der Waals surface area contributed by atoms with Crippen molar-refractivity contribution in [3.8, 4) is 5.75 Å². The van der Waals surface area contributed by atoms with Crippen molar-refractivity contribution in [1.82, 2.24) is 20.2 Å². The van der Waals surface area contributed by atoms with Crippen LogP contribution in [0.1, 0.15) is 0 Å². The Balaban J connectivity index is 2.07. The first kappa shape index (κ1) is 20.7. The van der Waals surface area contributed by atoms with E-state index < -0.39 is 38.1 Å². The third-order valence-corrected chi connectivity index (χ3v) is 6.27.